The monoisotopic (exact) mass is 379 g/mol. The van der Waals surface area contributed by atoms with Crippen LogP contribution in [0.1, 0.15) is 36.2 Å². The Morgan fingerprint density at radius 1 is 1.23 bits per heavy atom. The summed E-state index contributed by atoms with van der Waals surface area (Å²) in [6.07, 6.45) is 3.86. The Morgan fingerprint density at radius 2 is 1.92 bits per heavy atom. The number of methoxy groups -OCH3 is 1. The van der Waals surface area contributed by atoms with Crippen molar-refractivity contribution >= 4 is 7.60 Å². The zero-order valence-electron chi connectivity index (χ0n) is 15.6. The Morgan fingerprint density at radius 3 is 2.46 bits per heavy atom. The van der Waals surface area contributed by atoms with Crippen LogP contribution >= 0.6 is 7.60 Å². The van der Waals surface area contributed by atoms with Gasteiger partial charge in [0.05, 0.1) is 26.0 Å². The van der Waals surface area contributed by atoms with Gasteiger partial charge in [-0.1, -0.05) is 12.1 Å². The van der Waals surface area contributed by atoms with Crippen LogP contribution < -0.4 is 4.74 Å². The van der Waals surface area contributed by atoms with Crippen molar-refractivity contribution in [2.75, 3.05) is 20.3 Å². The minimum absolute atomic E-state index is 0.0685. The molecule has 0 fully saturated rings. The topological polar surface area (TPSA) is 77.9 Å². The fourth-order valence-corrected chi connectivity index (χ4v) is 4.96. The van der Waals surface area contributed by atoms with Crippen LogP contribution in [0.5, 0.6) is 11.5 Å². The van der Waals surface area contributed by atoms with Gasteiger partial charge in [0.25, 0.3) is 0 Å². The molecule has 1 heterocycles. The summed E-state index contributed by atoms with van der Waals surface area (Å²) in [5, 5.41) is 10.1. The molecule has 2 rings (SSSR count). The van der Waals surface area contributed by atoms with Crippen molar-refractivity contribution in [3.05, 3.63) is 53.3 Å². The summed E-state index contributed by atoms with van der Waals surface area (Å²) in [7, 11) is -1.96. The third kappa shape index (κ3) is 4.64. The number of aryl methyl sites for hydroxylation is 1. The van der Waals surface area contributed by atoms with E-state index < -0.39 is 13.3 Å². The summed E-state index contributed by atoms with van der Waals surface area (Å²) in [6.45, 7) is 5.89. The van der Waals surface area contributed by atoms with Crippen molar-refractivity contribution in [2.45, 2.75) is 32.9 Å². The Balaban J connectivity index is 2.56. The molecule has 1 aromatic carbocycles. The first-order valence-electron chi connectivity index (χ1n) is 8.60. The van der Waals surface area contributed by atoms with Gasteiger partial charge in [-0.25, -0.2) is 0 Å². The summed E-state index contributed by atoms with van der Waals surface area (Å²) in [4.78, 5) is 4.13. The van der Waals surface area contributed by atoms with Gasteiger partial charge in [-0.3, -0.25) is 9.55 Å². The molecule has 0 aliphatic heterocycles. The molecule has 0 bridgehead atoms. The van der Waals surface area contributed by atoms with E-state index in [1.807, 2.05) is 12.1 Å². The van der Waals surface area contributed by atoms with E-state index in [1.54, 1.807) is 45.3 Å². The van der Waals surface area contributed by atoms with E-state index in [2.05, 4.69) is 4.98 Å². The Kier molecular flexibility index (Phi) is 7.21. The molecule has 6 nitrogen and oxygen atoms in total. The molecule has 0 spiro atoms. The van der Waals surface area contributed by atoms with Gasteiger partial charge in [0, 0.05) is 12.4 Å². The van der Waals surface area contributed by atoms with E-state index in [9.17, 15) is 9.67 Å². The molecule has 1 aromatic heterocycles. The van der Waals surface area contributed by atoms with E-state index in [4.69, 9.17) is 13.8 Å². The van der Waals surface area contributed by atoms with Gasteiger partial charge in [0.2, 0.25) is 0 Å². The first kappa shape index (κ1) is 20.4. The highest BCUT2D eigenvalue weighted by atomic mass is 31.2. The van der Waals surface area contributed by atoms with Crippen molar-refractivity contribution in [1.82, 2.24) is 4.98 Å². The third-order valence-electron chi connectivity index (χ3n) is 4.04. The lowest BCUT2D eigenvalue weighted by Crippen LogP contribution is -2.10. The Labute approximate surface area is 154 Å². The largest absolute Gasteiger partial charge is 0.504 e. The number of benzene rings is 1. The van der Waals surface area contributed by atoms with Crippen LogP contribution in [0.4, 0.5) is 0 Å². The fraction of sp³-hybridized carbons (Fsp3) is 0.421. The predicted octanol–water partition coefficient (Wildman–Crippen LogP) is 4.65. The van der Waals surface area contributed by atoms with Crippen LogP contribution in [0.2, 0.25) is 0 Å². The van der Waals surface area contributed by atoms with Crippen LogP contribution in [0, 0.1) is 6.92 Å². The maximum atomic E-state index is 13.5. The van der Waals surface area contributed by atoms with Gasteiger partial charge < -0.3 is 18.9 Å². The minimum atomic E-state index is -3.45. The number of rotatable bonds is 9. The zero-order chi connectivity index (χ0) is 19.2. The van der Waals surface area contributed by atoms with Gasteiger partial charge >= 0.3 is 7.60 Å². The second-order valence-electron chi connectivity index (χ2n) is 5.85. The molecule has 1 N–H and O–H groups in total. The van der Waals surface area contributed by atoms with Gasteiger partial charge in [-0.2, -0.15) is 0 Å². The first-order valence-corrected chi connectivity index (χ1v) is 10.2. The van der Waals surface area contributed by atoms with E-state index in [-0.39, 0.29) is 19.0 Å². The van der Waals surface area contributed by atoms with Crippen LogP contribution in [-0.2, 0) is 20.0 Å². The van der Waals surface area contributed by atoms with Crippen LogP contribution in [-0.4, -0.2) is 30.4 Å². The summed E-state index contributed by atoms with van der Waals surface area (Å²) in [5.41, 5.74) is 1.74. The van der Waals surface area contributed by atoms with Crippen molar-refractivity contribution < 1.29 is 23.5 Å². The number of phenolic OH excluding ortho intramolecular Hbond substituents is 1. The van der Waals surface area contributed by atoms with Gasteiger partial charge in [0.1, 0.15) is 0 Å². The average molecular weight is 379 g/mol. The van der Waals surface area contributed by atoms with Crippen molar-refractivity contribution in [3.63, 3.8) is 0 Å². The molecule has 0 aliphatic rings. The SMILES string of the molecule is CCOP(=O)(OCC)C(Cc1cccnc1)c1cc(C)c(O)c(OC)c1. The summed E-state index contributed by atoms with van der Waals surface area (Å²) in [6, 6.07) is 7.24. The average Bonchev–Trinajstić information content (AvgIpc) is 2.63. The number of nitrogens with zero attached hydrogens (tertiary/aromatic N) is 1. The molecule has 0 amide bonds. The number of hydrogen-bond donors (Lipinski definition) is 1. The molecule has 0 saturated carbocycles. The lowest BCUT2D eigenvalue weighted by Gasteiger charge is -2.27. The quantitative estimate of drug-likeness (QED) is 0.639. The molecule has 0 radical (unpaired) electrons. The number of ether oxygens (including phenoxy) is 1. The predicted molar refractivity (Wildman–Crippen MR) is 101 cm³/mol. The standard InChI is InChI=1S/C19H26NO5P/c1-5-24-26(22,25-6-2)18(11-15-8-7-9-20-13-15)16-10-14(3)19(21)17(12-16)23-4/h7-10,12-13,18,21H,5-6,11H2,1-4H3. The minimum Gasteiger partial charge on any atom is -0.504 e. The highest BCUT2D eigenvalue weighted by Gasteiger charge is 2.37. The first-order chi connectivity index (χ1) is 12.4. The van der Waals surface area contributed by atoms with Gasteiger partial charge in [0.15, 0.2) is 11.5 Å². The summed E-state index contributed by atoms with van der Waals surface area (Å²) in [5.74, 6) is 0.398. The van der Waals surface area contributed by atoms with Crippen LogP contribution in [0.3, 0.4) is 0 Å². The van der Waals surface area contributed by atoms with Gasteiger partial charge in [-0.15, -0.1) is 0 Å². The normalized spacial score (nSPS) is 12.8. The lowest BCUT2D eigenvalue weighted by atomic mass is 10.0. The second kappa shape index (κ2) is 9.17. The molecular formula is C19H26NO5P. The summed E-state index contributed by atoms with van der Waals surface area (Å²) >= 11 is 0. The fourth-order valence-electron chi connectivity index (χ4n) is 2.85. The second-order valence-corrected chi connectivity index (χ2v) is 8.06. The van der Waals surface area contributed by atoms with E-state index in [1.165, 1.54) is 7.11 Å². The molecule has 1 unspecified atom stereocenters. The molecule has 142 valence electrons. The van der Waals surface area contributed by atoms with Crippen LogP contribution in [0.25, 0.3) is 0 Å². The number of aromatic nitrogens is 1. The van der Waals surface area contributed by atoms with Crippen molar-refractivity contribution in [1.29, 1.82) is 0 Å². The third-order valence-corrected chi connectivity index (χ3v) is 6.52. The molecule has 2 aromatic rings. The Bertz CT molecular complexity index is 756. The number of pyridine rings is 1. The highest BCUT2D eigenvalue weighted by molar-refractivity contribution is 7.54. The number of aromatic hydroxyl groups is 1. The van der Waals surface area contributed by atoms with Crippen LogP contribution in [0.15, 0.2) is 36.7 Å². The van der Waals surface area contributed by atoms with E-state index in [0.717, 1.165) is 11.1 Å². The van der Waals surface area contributed by atoms with Crippen molar-refractivity contribution in [2.24, 2.45) is 0 Å². The van der Waals surface area contributed by atoms with Gasteiger partial charge in [-0.05, 0) is 56.0 Å². The number of hydrogen-bond acceptors (Lipinski definition) is 6. The maximum absolute atomic E-state index is 13.5. The molecule has 1 atom stereocenters. The number of phenols is 1. The highest BCUT2D eigenvalue weighted by Crippen LogP contribution is 2.62. The molecule has 26 heavy (non-hydrogen) atoms. The zero-order valence-corrected chi connectivity index (χ0v) is 16.5. The Hall–Kier alpha value is -1.88. The summed E-state index contributed by atoms with van der Waals surface area (Å²) < 4.78 is 30.0. The maximum Gasteiger partial charge on any atom is 0.338 e. The molecule has 0 saturated heterocycles. The van der Waals surface area contributed by atoms with E-state index >= 15 is 0 Å². The smallest absolute Gasteiger partial charge is 0.338 e. The molecule has 7 heteroatoms. The molecular weight excluding hydrogens is 353 g/mol. The van der Waals surface area contributed by atoms with E-state index in [0.29, 0.717) is 17.7 Å². The van der Waals surface area contributed by atoms with Crippen molar-refractivity contribution in [3.8, 4) is 11.5 Å². The lowest BCUT2D eigenvalue weighted by molar-refractivity contribution is 0.211. The molecule has 0 aliphatic carbocycles.